The second-order valence-electron chi connectivity index (χ2n) is 8.04. The molecule has 0 saturated carbocycles. The van der Waals surface area contributed by atoms with E-state index >= 15 is 0 Å². The van der Waals surface area contributed by atoms with Gasteiger partial charge in [0.05, 0.1) is 19.3 Å². The first-order chi connectivity index (χ1) is 12.8. The van der Waals surface area contributed by atoms with E-state index in [1.165, 1.54) is 0 Å². The van der Waals surface area contributed by atoms with Crippen molar-refractivity contribution in [3.63, 3.8) is 0 Å². The number of nitrogens with two attached hydrogens (primary N) is 1. The Morgan fingerprint density at radius 1 is 1.30 bits per heavy atom. The maximum Gasteiger partial charge on any atom is 0.237 e. The maximum atomic E-state index is 12.1. The number of piperidine rings is 2. The topological polar surface area (TPSA) is 88.8 Å². The zero-order valence-corrected chi connectivity index (χ0v) is 16.6. The number of aromatic nitrogens is 1. The SMILES string of the molecule is COc1c(C)cnc(CN2CCC3(CCC(=O)N(CC(N)=O)C3)CC2)c1C. The maximum absolute atomic E-state index is 12.1. The molecule has 2 aliphatic heterocycles. The van der Waals surface area contributed by atoms with Crippen molar-refractivity contribution in [3.8, 4) is 5.75 Å². The molecule has 7 nitrogen and oxygen atoms in total. The third-order valence-electron chi connectivity index (χ3n) is 6.13. The fourth-order valence-corrected chi connectivity index (χ4v) is 4.47. The molecule has 2 amide bonds. The van der Waals surface area contributed by atoms with Crippen LogP contribution in [0.1, 0.15) is 42.5 Å². The number of primary amides is 1. The summed E-state index contributed by atoms with van der Waals surface area (Å²) < 4.78 is 5.52. The van der Waals surface area contributed by atoms with Gasteiger partial charge in [0.2, 0.25) is 11.8 Å². The molecule has 0 aromatic carbocycles. The lowest BCUT2D eigenvalue weighted by Crippen LogP contribution is -2.53. The van der Waals surface area contributed by atoms with Crippen LogP contribution in [0.5, 0.6) is 5.75 Å². The average molecular weight is 374 g/mol. The van der Waals surface area contributed by atoms with Crippen LogP contribution in [-0.4, -0.2) is 59.9 Å². The summed E-state index contributed by atoms with van der Waals surface area (Å²) in [5, 5.41) is 0. The molecule has 2 aliphatic rings. The molecule has 2 fully saturated rings. The molecular weight excluding hydrogens is 344 g/mol. The number of methoxy groups -OCH3 is 1. The van der Waals surface area contributed by atoms with Gasteiger partial charge in [0, 0.05) is 36.8 Å². The molecule has 0 radical (unpaired) electrons. The Morgan fingerprint density at radius 3 is 2.63 bits per heavy atom. The van der Waals surface area contributed by atoms with Crippen LogP contribution < -0.4 is 10.5 Å². The standard InChI is InChI=1S/C20H30N4O3/c1-14-10-22-16(15(2)19(14)27-3)11-23-8-6-20(7-9-23)5-4-18(26)24(13-20)12-17(21)25/h10H,4-9,11-13H2,1-3H3,(H2,21,25). The van der Waals surface area contributed by atoms with Gasteiger partial charge in [-0.05, 0) is 51.6 Å². The molecule has 1 spiro atoms. The van der Waals surface area contributed by atoms with Gasteiger partial charge in [0.25, 0.3) is 0 Å². The molecule has 1 aromatic heterocycles. The highest BCUT2D eigenvalue weighted by Gasteiger charge is 2.41. The number of pyridine rings is 1. The minimum Gasteiger partial charge on any atom is -0.496 e. The van der Waals surface area contributed by atoms with Gasteiger partial charge in [-0.2, -0.15) is 0 Å². The molecule has 0 unspecified atom stereocenters. The zero-order valence-electron chi connectivity index (χ0n) is 16.6. The summed E-state index contributed by atoms with van der Waals surface area (Å²) in [5.74, 6) is 0.530. The quantitative estimate of drug-likeness (QED) is 0.841. The van der Waals surface area contributed by atoms with Gasteiger partial charge >= 0.3 is 0 Å². The van der Waals surface area contributed by atoms with Crippen LogP contribution in [0.25, 0.3) is 0 Å². The Hall–Kier alpha value is -2.15. The zero-order chi connectivity index (χ0) is 19.6. The summed E-state index contributed by atoms with van der Waals surface area (Å²) in [6.45, 7) is 7.51. The number of hydrogen-bond acceptors (Lipinski definition) is 5. The van der Waals surface area contributed by atoms with E-state index in [1.54, 1.807) is 12.0 Å². The van der Waals surface area contributed by atoms with Crippen molar-refractivity contribution < 1.29 is 14.3 Å². The van der Waals surface area contributed by atoms with Gasteiger partial charge < -0.3 is 15.4 Å². The van der Waals surface area contributed by atoms with Crippen LogP contribution in [0.4, 0.5) is 0 Å². The highest BCUT2D eigenvalue weighted by molar-refractivity contribution is 5.84. The summed E-state index contributed by atoms with van der Waals surface area (Å²) in [6, 6.07) is 0. The molecule has 148 valence electrons. The number of hydrogen-bond donors (Lipinski definition) is 1. The summed E-state index contributed by atoms with van der Waals surface area (Å²) in [6.07, 6.45) is 5.35. The van der Waals surface area contributed by atoms with Crippen LogP contribution in [0.15, 0.2) is 6.20 Å². The predicted octanol–water partition coefficient (Wildman–Crippen LogP) is 1.40. The van der Waals surface area contributed by atoms with Crippen molar-refractivity contribution in [2.24, 2.45) is 11.1 Å². The molecule has 0 aliphatic carbocycles. The van der Waals surface area contributed by atoms with Crippen LogP contribution in [-0.2, 0) is 16.1 Å². The Morgan fingerprint density at radius 2 is 2.00 bits per heavy atom. The monoisotopic (exact) mass is 374 g/mol. The van der Waals surface area contributed by atoms with Crippen molar-refractivity contribution >= 4 is 11.8 Å². The van der Waals surface area contributed by atoms with Crippen molar-refractivity contribution in [2.45, 2.75) is 46.1 Å². The van der Waals surface area contributed by atoms with Crippen LogP contribution in [0, 0.1) is 19.3 Å². The Labute approximate surface area is 160 Å². The molecule has 3 rings (SSSR count). The molecule has 3 heterocycles. The molecular formula is C20H30N4O3. The molecule has 2 saturated heterocycles. The number of likely N-dealkylation sites (tertiary alicyclic amines) is 2. The third kappa shape index (κ3) is 4.24. The fraction of sp³-hybridized carbons (Fsp3) is 0.650. The fourth-order valence-electron chi connectivity index (χ4n) is 4.47. The smallest absolute Gasteiger partial charge is 0.237 e. The second-order valence-corrected chi connectivity index (χ2v) is 8.04. The number of ether oxygens (including phenoxy) is 1. The minimum absolute atomic E-state index is 0.0383. The van der Waals surface area contributed by atoms with E-state index in [2.05, 4.69) is 16.8 Å². The first-order valence-corrected chi connectivity index (χ1v) is 9.61. The van der Waals surface area contributed by atoms with Crippen molar-refractivity contribution in [1.29, 1.82) is 0 Å². The highest BCUT2D eigenvalue weighted by atomic mass is 16.5. The van der Waals surface area contributed by atoms with E-state index in [0.29, 0.717) is 13.0 Å². The summed E-state index contributed by atoms with van der Waals surface area (Å²) in [7, 11) is 1.70. The lowest BCUT2D eigenvalue weighted by molar-refractivity contribution is -0.142. The van der Waals surface area contributed by atoms with E-state index in [4.69, 9.17) is 10.5 Å². The number of carbonyl (C=O) groups is 2. The lowest BCUT2D eigenvalue weighted by Gasteiger charge is -2.47. The average Bonchev–Trinajstić information content (AvgIpc) is 2.63. The third-order valence-corrected chi connectivity index (χ3v) is 6.13. The second kappa shape index (κ2) is 7.84. The summed E-state index contributed by atoms with van der Waals surface area (Å²) >= 11 is 0. The lowest BCUT2D eigenvalue weighted by atomic mass is 9.72. The largest absolute Gasteiger partial charge is 0.496 e. The minimum atomic E-state index is -0.437. The first-order valence-electron chi connectivity index (χ1n) is 9.61. The Balaban J connectivity index is 1.62. The van der Waals surface area contributed by atoms with Crippen molar-refractivity contribution in [1.82, 2.24) is 14.8 Å². The number of carbonyl (C=O) groups excluding carboxylic acids is 2. The van der Waals surface area contributed by atoms with E-state index in [1.807, 2.05) is 13.1 Å². The summed E-state index contributed by atoms with van der Waals surface area (Å²) in [5.41, 5.74) is 8.64. The molecule has 0 atom stereocenters. The van der Waals surface area contributed by atoms with E-state index in [9.17, 15) is 9.59 Å². The van der Waals surface area contributed by atoms with Gasteiger partial charge in [-0.3, -0.25) is 19.5 Å². The predicted molar refractivity (Wildman–Crippen MR) is 102 cm³/mol. The van der Waals surface area contributed by atoms with Crippen LogP contribution in [0.3, 0.4) is 0 Å². The number of nitrogens with zero attached hydrogens (tertiary/aromatic N) is 3. The van der Waals surface area contributed by atoms with E-state index in [0.717, 1.165) is 61.5 Å². The van der Waals surface area contributed by atoms with Crippen LogP contribution in [0.2, 0.25) is 0 Å². The highest BCUT2D eigenvalue weighted by Crippen LogP contribution is 2.40. The van der Waals surface area contributed by atoms with E-state index < -0.39 is 5.91 Å². The molecule has 1 aromatic rings. The van der Waals surface area contributed by atoms with Gasteiger partial charge in [0.15, 0.2) is 0 Å². The Bertz CT molecular complexity index is 726. The number of aryl methyl sites for hydroxylation is 1. The van der Waals surface area contributed by atoms with E-state index in [-0.39, 0.29) is 17.9 Å². The molecule has 2 N–H and O–H groups in total. The normalized spacial score (nSPS) is 20.1. The molecule has 0 bridgehead atoms. The van der Waals surface area contributed by atoms with Gasteiger partial charge in [-0.25, -0.2) is 0 Å². The summed E-state index contributed by atoms with van der Waals surface area (Å²) in [4.78, 5) is 32.0. The van der Waals surface area contributed by atoms with Crippen LogP contribution >= 0.6 is 0 Å². The molecule has 27 heavy (non-hydrogen) atoms. The number of amides is 2. The van der Waals surface area contributed by atoms with Gasteiger partial charge in [0.1, 0.15) is 5.75 Å². The van der Waals surface area contributed by atoms with Crippen molar-refractivity contribution in [2.75, 3.05) is 33.3 Å². The van der Waals surface area contributed by atoms with Gasteiger partial charge in [-0.15, -0.1) is 0 Å². The Kier molecular flexibility index (Phi) is 5.69. The van der Waals surface area contributed by atoms with Gasteiger partial charge in [-0.1, -0.05) is 0 Å². The molecule has 7 heteroatoms. The number of rotatable bonds is 5. The first kappa shape index (κ1) is 19.6. The van der Waals surface area contributed by atoms with Crippen molar-refractivity contribution in [3.05, 3.63) is 23.0 Å².